The molecule has 1 unspecified atom stereocenters. The Morgan fingerprint density at radius 2 is 2.15 bits per heavy atom. The van der Waals surface area contributed by atoms with Crippen molar-refractivity contribution in [2.24, 2.45) is 10.9 Å². The van der Waals surface area contributed by atoms with Gasteiger partial charge in [0.15, 0.2) is 0 Å². The Balaban J connectivity index is 2.55. The summed E-state index contributed by atoms with van der Waals surface area (Å²) in [5.74, 6) is -0.642. The molecular weight excluding hydrogens is 262 g/mol. The van der Waals surface area contributed by atoms with Gasteiger partial charge in [-0.1, -0.05) is 5.16 Å². The highest BCUT2D eigenvalue weighted by atomic mass is 16.6. The Hall–Kier alpha value is -1.67. The number of nitrogens with zero attached hydrogens (tertiary/aromatic N) is 1. The van der Waals surface area contributed by atoms with Gasteiger partial charge in [0.05, 0.1) is 17.8 Å². The molecule has 2 amide bonds. The predicted molar refractivity (Wildman–Crippen MR) is 75.1 cm³/mol. The number of nitrogens with two attached hydrogens (primary N) is 1. The van der Waals surface area contributed by atoms with E-state index < -0.39 is 12.1 Å². The third-order valence-corrected chi connectivity index (χ3v) is 3.00. The lowest BCUT2D eigenvalue weighted by molar-refractivity contribution is -0.129. The number of oxime groups is 1. The van der Waals surface area contributed by atoms with Gasteiger partial charge in [-0.05, 0) is 13.8 Å². The standard InChI is InChI=1S/C12H23N5O3/c1-7(13)11(18)15-8(2)12(19)16-10-6-14-5-4-9(10)17-20-3/h7-8,10,14H,4-6,13H2,1-3H3,(H,15,18)(H,16,19)/t7-,8-,10?/m0/s1. The van der Waals surface area contributed by atoms with Crippen LogP contribution >= 0.6 is 0 Å². The number of nitrogens with one attached hydrogen (secondary N) is 3. The van der Waals surface area contributed by atoms with Crippen molar-refractivity contribution in [3.63, 3.8) is 0 Å². The van der Waals surface area contributed by atoms with Crippen LogP contribution in [-0.2, 0) is 14.4 Å². The van der Waals surface area contributed by atoms with E-state index in [-0.39, 0.29) is 17.9 Å². The summed E-state index contributed by atoms with van der Waals surface area (Å²) in [7, 11) is 1.47. The first-order valence-corrected chi connectivity index (χ1v) is 6.62. The molecule has 0 aromatic heterocycles. The molecule has 3 atom stereocenters. The van der Waals surface area contributed by atoms with Crippen molar-refractivity contribution in [2.75, 3.05) is 20.2 Å². The maximum Gasteiger partial charge on any atom is 0.242 e. The van der Waals surface area contributed by atoms with Gasteiger partial charge >= 0.3 is 0 Å². The van der Waals surface area contributed by atoms with E-state index in [1.807, 2.05) is 0 Å². The average Bonchev–Trinajstić information content (AvgIpc) is 2.40. The Kier molecular flexibility index (Phi) is 6.40. The zero-order valence-electron chi connectivity index (χ0n) is 12.1. The van der Waals surface area contributed by atoms with Gasteiger partial charge in [-0.15, -0.1) is 0 Å². The SMILES string of the molecule is CON=C1CCNCC1NC(=O)[C@H](C)NC(=O)[C@H](C)N. The van der Waals surface area contributed by atoms with Gasteiger partial charge in [0, 0.05) is 19.5 Å². The second-order valence-corrected chi connectivity index (χ2v) is 4.80. The van der Waals surface area contributed by atoms with Gasteiger partial charge < -0.3 is 26.5 Å². The Morgan fingerprint density at radius 1 is 1.45 bits per heavy atom. The first-order chi connectivity index (χ1) is 9.45. The predicted octanol–water partition coefficient (Wildman–Crippen LogP) is -1.68. The van der Waals surface area contributed by atoms with Crippen LogP contribution in [0, 0.1) is 0 Å². The third kappa shape index (κ3) is 4.78. The number of hydrogen-bond acceptors (Lipinski definition) is 6. The normalized spacial score (nSPS) is 23.8. The smallest absolute Gasteiger partial charge is 0.242 e. The molecule has 8 nitrogen and oxygen atoms in total. The molecule has 1 saturated heterocycles. The molecule has 8 heteroatoms. The number of hydrogen-bond donors (Lipinski definition) is 4. The minimum absolute atomic E-state index is 0.231. The van der Waals surface area contributed by atoms with Crippen LogP contribution in [-0.4, -0.2) is 55.9 Å². The molecule has 1 fully saturated rings. The van der Waals surface area contributed by atoms with Crippen LogP contribution in [0.4, 0.5) is 0 Å². The van der Waals surface area contributed by atoms with Crippen molar-refractivity contribution in [2.45, 2.75) is 38.4 Å². The third-order valence-electron chi connectivity index (χ3n) is 3.00. The largest absolute Gasteiger partial charge is 0.399 e. The van der Waals surface area contributed by atoms with Gasteiger partial charge in [-0.2, -0.15) is 0 Å². The number of amides is 2. The first-order valence-electron chi connectivity index (χ1n) is 6.62. The lowest BCUT2D eigenvalue weighted by Crippen LogP contribution is -2.56. The van der Waals surface area contributed by atoms with Crippen LogP contribution in [0.25, 0.3) is 0 Å². The maximum atomic E-state index is 12.0. The molecule has 1 aliphatic rings. The van der Waals surface area contributed by atoms with Crippen LogP contribution in [0.2, 0.25) is 0 Å². The van der Waals surface area contributed by atoms with E-state index in [4.69, 9.17) is 10.6 Å². The van der Waals surface area contributed by atoms with E-state index >= 15 is 0 Å². The van der Waals surface area contributed by atoms with Crippen LogP contribution in [0.15, 0.2) is 5.16 Å². The van der Waals surface area contributed by atoms with Crippen molar-refractivity contribution in [3.8, 4) is 0 Å². The summed E-state index contributed by atoms with van der Waals surface area (Å²) in [6.07, 6.45) is 0.708. The second-order valence-electron chi connectivity index (χ2n) is 4.80. The van der Waals surface area contributed by atoms with E-state index in [1.54, 1.807) is 13.8 Å². The summed E-state index contributed by atoms with van der Waals surface area (Å²) >= 11 is 0. The molecule has 0 aromatic rings. The summed E-state index contributed by atoms with van der Waals surface area (Å²) in [6.45, 7) is 4.56. The molecule has 114 valence electrons. The average molecular weight is 285 g/mol. The van der Waals surface area contributed by atoms with Gasteiger partial charge in [0.2, 0.25) is 11.8 Å². The summed E-state index contributed by atoms with van der Waals surface area (Å²) in [5, 5.41) is 12.5. The molecule has 1 rings (SSSR count). The van der Waals surface area contributed by atoms with Crippen molar-refractivity contribution in [1.29, 1.82) is 0 Å². The van der Waals surface area contributed by atoms with Crippen molar-refractivity contribution < 1.29 is 14.4 Å². The van der Waals surface area contributed by atoms with Crippen LogP contribution < -0.4 is 21.7 Å². The zero-order chi connectivity index (χ0) is 15.1. The van der Waals surface area contributed by atoms with E-state index in [0.717, 1.165) is 12.3 Å². The zero-order valence-corrected chi connectivity index (χ0v) is 12.1. The first kappa shape index (κ1) is 16.4. The number of rotatable bonds is 5. The summed E-state index contributed by atoms with van der Waals surface area (Å²) in [6, 6.07) is -1.53. The highest BCUT2D eigenvalue weighted by Crippen LogP contribution is 2.01. The van der Waals surface area contributed by atoms with E-state index in [9.17, 15) is 9.59 Å². The number of piperidine rings is 1. The van der Waals surface area contributed by atoms with Crippen molar-refractivity contribution >= 4 is 17.5 Å². The fourth-order valence-electron chi connectivity index (χ4n) is 1.82. The van der Waals surface area contributed by atoms with Gasteiger partial charge in [-0.25, -0.2) is 0 Å². The molecule has 0 radical (unpaired) electrons. The molecule has 5 N–H and O–H groups in total. The number of carbonyl (C=O) groups excluding carboxylic acids is 2. The topological polar surface area (TPSA) is 118 Å². The van der Waals surface area contributed by atoms with Gasteiger partial charge in [-0.3, -0.25) is 9.59 Å². The van der Waals surface area contributed by atoms with Gasteiger partial charge in [0.1, 0.15) is 13.2 Å². The van der Waals surface area contributed by atoms with E-state index in [2.05, 4.69) is 21.1 Å². The molecular formula is C12H23N5O3. The van der Waals surface area contributed by atoms with E-state index in [0.29, 0.717) is 13.0 Å². The monoisotopic (exact) mass is 285 g/mol. The molecule has 0 spiro atoms. The molecule has 1 heterocycles. The van der Waals surface area contributed by atoms with Gasteiger partial charge in [0.25, 0.3) is 0 Å². The summed E-state index contributed by atoms with van der Waals surface area (Å²) in [5.41, 5.74) is 6.22. The quantitative estimate of drug-likeness (QED) is 0.450. The van der Waals surface area contributed by atoms with Crippen LogP contribution in [0.5, 0.6) is 0 Å². The molecule has 0 saturated carbocycles. The Labute approximate surface area is 118 Å². The Bertz CT molecular complexity index is 383. The molecule has 20 heavy (non-hydrogen) atoms. The van der Waals surface area contributed by atoms with Crippen molar-refractivity contribution in [3.05, 3.63) is 0 Å². The lowest BCUT2D eigenvalue weighted by atomic mass is 10.0. The van der Waals surface area contributed by atoms with Crippen LogP contribution in [0.1, 0.15) is 20.3 Å². The molecule has 0 aromatic carbocycles. The Morgan fingerprint density at radius 3 is 2.75 bits per heavy atom. The maximum absolute atomic E-state index is 12.0. The summed E-state index contributed by atoms with van der Waals surface area (Å²) in [4.78, 5) is 28.2. The van der Waals surface area contributed by atoms with Crippen LogP contribution in [0.3, 0.4) is 0 Å². The fourth-order valence-corrected chi connectivity index (χ4v) is 1.82. The number of carbonyl (C=O) groups is 2. The molecule has 0 bridgehead atoms. The highest BCUT2D eigenvalue weighted by molar-refractivity contribution is 5.96. The summed E-state index contributed by atoms with van der Waals surface area (Å²) < 4.78 is 0. The minimum atomic E-state index is -0.653. The lowest BCUT2D eigenvalue weighted by Gasteiger charge is -2.26. The molecule has 1 aliphatic heterocycles. The van der Waals surface area contributed by atoms with Crippen molar-refractivity contribution in [1.82, 2.24) is 16.0 Å². The van der Waals surface area contributed by atoms with E-state index in [1.165, 1.54) is 7.11 Å². The second kappa shape index (κ2) is 7.81. The molecule has 0 aliphatic carbocycles. The highest BCUT2D eigenvalue weighted by Gasteiger charge is 2.25. The fraction of sp³-hybridized carbons (Fsp3) is 0.750. The minimum Gasteiger partial charge on any atom is -0.399 e.